The number of carbonyl (C=O) groups is 1. The van der Waals surface area contributed by atoms with Gasteiger partial charge in [-0.3, -0.25) is 4.79 Å². The Balaban J connectivity index is 2.03. The third-order valence-corrected chi connectivity index (χ3v) is 5.22. The zero-order valence-electron chi connectivity index (χ0n) is 11.0. The van der Waals surface area contributed by atoms with Gasteiger partial charge in [0, 0.05) is 15.9 Å². The summed E-state index contributed by atoms with van der Waals surface area (Å²) in [6, 6.07) is 16.1. The molecule has 1 atom stereocenters. The third kappa shape index (κ3) is 2.38. The van der Waals surface area contributed by atoms with Gasteiger partial charge >= 0.3 is 0 Å². The van der Waals surface area contributed by atoms with Crippen LogP contribution in [0, 0.1) is 0 Å². The second kappa shape index (κ2) is 5.62. The van der Waals surface area contributed by atoms with Crippen LogP contribution in [0.25, 0.3) is 0 Å². The molecular formula is C16H14BrNOS. The summed E-state index contributed by atoms with van der Waals surface area (Å²) in [6.45, 7) is 2.72. The lowest BCUT2D eigenvalue weighted by atomic mass is 10.1. The summed E-state index contributed by atoms with van der Waals surface area (Å²) < 4.78 is 1.03. The zero-order chi connectivity index (χ0) is 14.1. The normalized spacial score (nSPS) is 18.0. The number of amides is 1. The van der Waals surface area contributed by atoms with E-state index in [0.29, 0.717) is 6.54 Å². The molecule has 20 heavy (non-hydrogen) atoms. The molecule has 0 N–H and O–H groups in total. The van der Waals surface area contributed by atoms with Crippen LogP contribution in [0.5, 0.6) is 0 Å². The van der Waals surface area contributed by atoms with E-state index in [1.54, 1.807) is 11.8 Å². The number of benzene rings is 2. The Bertz CT molecular complexity index is 641. The molecule has 1 heterocycles. The average Bonchev–Trinajstić information content (AvgIpc) is 2.48. The van der Waals surface area contributed by atoms with Crippen molar-refractivity contribution in [1.29, 1.82) is 0 Å². The fraction of sp³-hybridized carbons (Fsp3) is 0.188. The van der Waals surface area contributed by atoms with Gasteiger partial charge in [0.15, 0.2) is 0 Å². The summed E-state index contributed by atoms with van der Waals surface area (Å²) in [5, 5.41) is -0.155. The summed E-state index contributed by atoms with van der Waals surface area (Å²) in [5.74, 6) is 0.165. The molecule has 1 aliphatic heterocycles. The number of carbonyl (C=O) groups excluding carboxylic acids is 1. The molecular weight excluding hydrogens is 334 g/mol. The Labute approximate surface area is 131 Å². The highest BCUT2D eigenvalue weighted by atomic mass is 79.9. The second-order valence-corrected chi connectivity index (χ2v) is 6.66. The van der Waals surface area contributed by atoms with Crippen molar-refractivity contribution in [3.63, 3.8) is 0 Å². The van der Waals surface area contributed by atoms with Crippen LogP contribution in [0.4, 0.5) is 5.69 Å². The van der Waals surface area contributed by atoms with Crippen molar-refractivity contribution in [1.82, 2.24) is 0 Å². The molecule has 2 nitrogen and oxygen atoms in total. The maximum absolute atomic E-state index is 12.7. The standard InChI is InChI=1S/C16H14BrNOS/c1-2-18-13-5-3-4-6-14(13)20-15(16(18)19)11-7-9-12(17)10-8-11/h3-10,15H,2H2,1H3. The van der Waals surface area contributed by atoms with Crippen LogP contribution < -0.4 is 4.90 Å². The number of fused-ring (bicyclic) bond motifs is 1. The summed E-state index contributed by atoms with van der Waals surface area (Å²) >= 11 is 5.07. The molecule has 102 valence electrons. The number of halogens is 1. The van der Waals surface area contributed by atoms with Gasteiger partial charge in [0.2, 0.25) is 5.91 Å². The molecule has 1 unspecified atom stereocenters. The first-order chi connectivity index (χ1) is 9.70. The SMILES string of the molecule is CCN1C(=O)C(c2ccc(Br)cc2)Sc2ccccc21. The van der Waals surface area contributed by atoms with Gasteiger partial charge in [-0.1, -0.05) is 40.2 Å². The molecule has 1 aliphatic rings. The number of thioether (sulfide) groups is 1. The first kappa shape index (κ1) is 13.7. The molecule has 2 aromatic carbocycles. The van der Waals surface area contributed by atoms with Crippen molar-refractivity contribution in [2.24, 2.45) is 0 Å². The van der Waals surface area contributed by atoms with E-state index in [1.807, 2.05) is 54.3 Å². The van der Waals surface area contributed by atoms with Crippen molar-refractivity contribution in [3.05, 3.63) is 58.6 Å². The lowest BCUT2D eigenvalue weighted by molar-refractivity contribution is -0.118. The Morgan fingerprint density at radius 2 is 1.85 bits per heavy atom. The average molecular weight is 348 g/mol. The highest BCUT2D eigenvalue weighted by molar-refractivity contribution is 9.10. The molecule has 0 saturated carbocycles. The number of hydrogen-bond donors (Lipinski definition) is 0. The summed E-state index contributed by atoms with van der Waals surface area (Å²) in [5.41, 5.74) is 2.08. The van der Waals surface area contributed by atoms with Gasteiger partial charge in [-0.15, -0.1) is 11.8 Å². The van der Waals surface area contributed by atoms with Crippen LogP contribution in [-0.2, 0) is 4.79 Å². The van der Waals surface area contributed by atoms with Crippen LogP contribution in [-0.4, -0.2) is 12.5 Å². The van der Waals surface area contributed by atoms with E-state index in [2.05, 4.69) is 22.0 Å². The van der Waals surface area contributed by atoms with Gasteiger partial charge in [0.25, 0.3) is 0 Å². The smallest absolute Gasteiger partial charge is 0.245 e. The van der Waals surface area contributed by atoms with E-state index in [1.165, 1.54) is 4.90 Å². The number of likely N-dealkylation sites (N-methyl/N-ethyl adjacent to an activating group) is 1. The molecule has 0 aliphatic carbocycles. The van der Waals surface area contributed by atoms with Gasteiger partial charge in [-0.2, -0.15) is 0 Å². The fourth-order valence-electron chi connectivity index (χ4n) is 2.39. The monoisotopic (exact) mass is 347 g/mol. The minimum atomic E-state index is -0.155. The molecule has 0 saturated heterocycles. The molecule has 1 amide bonds. The lowest BCUT2D eigenvalue weighted by Crippen LogP contribution is -2.36. The largest absolute Gasteiger partial charge is 0.310 e. The minimum absolute atomic E-state index is 0.155. The summed E-state index contributed by atoms with van der Waals surface area (Å²) in [4.78, 5) is 15.7. The molecule has 2 aromatic rings. The molecule has 0 fully saturated rings. The van der Waals surface area contributed by atoms with Crippen LogP contribution in [0.3, 0.4) is 0 Å². The Morgan fingerprint density at radius 3 is 2.55 bits per heavy atom. The number of anilines is 1. The molecule has 0 spiro atoms. The van der Waals surface area contributed by atoms with Crippen molar-refractivity contribution < 1.29 is 4.79 Å². The van der Waals surface area contributed by atoms with E-state index < -0.39 is 0 Å². The number of rotatable bonds is 2. The maximum atomic E-state index is 12.7. The van der Waals surface area contributed by atoms with Crippen LogP contribution >= 0.6 is 27.7 Å². The van der Waals surface area contributed by atoms with Crippen molar-refractivity contribution in [2.45, 2.75) is 17.1 Å². The zero-order valence-corrected chi connectivity index (χ0v) is 13.4. The Kier molecular flexibility index (Phi) is 3.85. The van der Waals surface area contributed by atoms with Crippen molar-refractivity contribution in [2.75, 3.05) is 11.4 Å². The van der Waals surface area contributed by atoms with Gasteiger partial charge in [0.1, 0.15) is 5.25 Å². The van der Waals surface area contributed by atoms with Crippen molar-refractivity contribution >= 4 is 39.3 Å². The number of nitrogens with zero attached hydrogens (tertiary/aromatic N) is 1. The van der Waals surface area contributed by atoms with E-state index >= 15 is 0 Å². The van der Waals surface area contributed by atoms with Gasteiger partial charge in [-0.05, 0) is 36.8 Å². The molecule has 0 radical (unpaired) electrons. The van der Waals surface area contributed by atoms with Gasteiger partial charge in [-0.25, -0.2) is 0 Å². The van der Waals surface area contributed by atoms with Crippen molar-refractivity contribution in [3.8, 4) is 0 Å². The first-order valence-electron chi connectivity index (χ1n) is 6.53. The van der Waals surface area contributed by atoms with E-state index in [9.17, 15) is 4.79 Å². The first-order valence-corrected chi connectivity index (χ1v) is 8.20. The Morgan fingerprint density at radius 1 is 1.15 bits per heavy atom. The molecule has 4 heteroatoms. The van der Waals surface area contributed by atoms with E-state index in [4.69, 9.17) is 0 Å². The molecule has 0 bridgehead atoms. The molecule has 0 aromatic heterocycles. The predicted molar refractivity (Wildman–Crippen MR) is 87.2 cm³/mol. The van der Waals surface area contributed by atoms with Crippen LogP contribution in [0.1, 0.15) is 17.7 Å². The topological polar surface area (TPSA) is 20.3 Å². The highest BCUT2D eigenvalue weighted by Gasteiger charge is 2.33. The quantitative estimate of drug-likeness (QED) is 0.787. The number of para-hydroxylation sites is 1. The summed E-state index contributed by atoms with van der Waals surface area (Å²) in [7, 11) is 0. The lowest BCUT2D eigenvalue weighted by Gasteiger charge is -2.33. The van der Waals surface area contributed by atoms with Gasteiger partial charge in [0.05, 0.1) is 5.69 Å². The third-order valence-electron chi connectivity index (χ3n) is 3.38. The Hall–Kier alpha value is -1.26. The highest BCUT2D eigenvalue weighted by Crippen LogP contribution is 2.46. The second-order valence-electron chi connectivity index (χ2n) is 4.60. The molecule has 3 rings (SSSR count). The number of hydrogen-bond acceptors (Lipinski definition) is 2. The van der Waals surface area contributed by atoms with Crippen LogP contribution in [0.2, 0.25) is 0 Å². The predicted octanol–water partition coefficient (Wildman–Crippen LogP) is 4.65. The fourth-order valence-corrected chi connectivity index (χ4v) is 3.89. The summed E-state index contributed by atoms with van der Waals surface area (Å²) in [6.07, 6.45) is 0. The van der Waals surface area contributed by atoms with Gasteiger partial charge < -0.3 is 4.90 Å². The van der Waals surface area contributed by atoms with E-state index in [0.717, 1.165) is 15.7 Å². The maximum Gasteiger partial charge on any atom is 0.245 e. The van der Waals surface area contributed by atoms with Crippen LogP contribution in [0.15, 0.2) is 57.9 Å². The van der Waals surface area contributed by atoms with E-state index in [-0.39, 0.29) is 11.2 Å². The minimum Gasteiger partial charge on any atom is -0.310 e.